The van der Waals surface area contributed by atoms with E-state index in [4.69, 9.17) is 5.73 Å². The van der Waals surface area contributed by atoms with Crippen molar-refractivity contribution in [2.24, 2.45) is 5.73 Å². The largest absolute Gasteiger partial charge is 0.326 e. The zero-order chi connectivity index (χ0) is 10.7. The minimum Gasteiger partial charge on any atom is -0.326 e. The highest BCUT2D eigenvalue weighted by Gasteiger charge is 2.01. The predicted molar refractivity (Wildman–Crippen MR) is 73.4 cm³/mol. The van der Waals surface area contributed by atoms with E-state index in [0.29, 0.717) is 6.54 Å². The molecule has 2 rings (SSSR count). The molecule has 3 heteroatoms. The SMILES string of the molecule is Cc1ccccc1Cc1csc(CN)c1.Cl. The Morgan fingerprint density at radius 2 is 2.00 bits per heavy atom. The van der Waals surface area contributed by atoms with Crippen molar-refractivity contribution >= 4 is 23.7 Å². The van der Waals surface area contributed by atoms with E-state index in [9.17, 15) is 0 Å². The Hall–Kier alpha value is -0.830. The first-order chi connectivity index (χ1) is 7.29. The van der Waals surface area contributed by atoms with Crippen LogP contribution in [0.3, 0.4) is 0 Å². The summed E-state index contributed by atoms with van der Waals surface area (Å²) in [5.74, 6) is 0. The van der Waals surface area contributed by atoms with Crippen molar-refractivity contribution in [3.8, 4) is 0 Å². The maximum Gasteiger partial charge on any atom is 0.0273 e. The van der Waals surface area contributed by atoms with E-state index in [1.54, 1.807) is 11.3 Å². The third kappa shape index (κ3) is 3.08. The number of hydrogen-bond acceptors (Lipinski definition) is 2. The molecule has 0 radical (unpaired) electrons. The Bertz CT molecular complexity index is 451. The molecule has 2 aromatic rings. The highest BCUT2D eigenvalue weighted by molar-refractivity contribution is 7.10. The molecule has 0 fully saturated rings. The van der Waals surface area contributed by atoms with E-state index in [1.807, 2.05) is 0 Å². The van der Waals surface area contributed by atoms with Crippen molar-refractivity contribution in [3.05, 3.63) is 57.3 Å². The lowest BCUT2D eigenvalue weighted by atomic mass is 10.0. The second kappa shape index (κ2) is 6.04. The van der Waals surface area contributed by atoms with Crippen LogP contribution < -0.4 is 5.73 Å². The zero-order valence-corrected chi connectivity index (χ0v) is 10.9. The van der Waals surface area contributed by atoms with Gasteiger partial charge in [0.1, 0.15) is 0 Å². The molecule has 0 saturated carbocycles. The van der Waals surface area contributed by atoms with Crippen molar-refractivity contribution in [2.75, 3.05) is 0 Å². The molecular formula is C13H16ClNS. The number of rotatable bonds is 3. The highest BCUT2D eigenvalue weighted by Crippen LogP contribution is 2.19. The Morgan fingerprint density at radius 1 is 1.25 bits per heavy atom. The van der Waals surface area contributed by atoms with Crippen LogP contribution >= 0.6 is 23.7 Å². The molecule has 1 nitrogen and oxygen atoms in total. The van der Waals surface area contributed by atoms with Crippen molar-refractivity contribution in [2.45, 2.75) is 19.9 Å². The molecule has 1 aromatic heterocycles. The molecule has 0 saturated heterocycles. The fraction of sp³-hybridized carbons (Fsp3) is 0.231. The molecule has 1 aromatic carbocycles. The van der Waals surface area contributed by atoms with E-state index in [1.165, 1.54) is 21.6 Å². The average molecular weight is 254 g/mol. The first kappa shape index (κ1) is 13.2. The van der Waals surface area contributed by atoms with Crippen LogP contribution in [-0.2, 0) is 13.0 Å². The zero-order valence-electron chi connectivity index (χ0n) is 9.27. The molecule has 0 aliphatic rings. The minimum atomic E-state index is 0. The van der Waals surface area contributed by atoms with Crippen LogP contribution in [0.5, 0.6) is 0 Å². The van der Waals surface area contributed by atoms with Gasteiger partial charge in [0, 0.05) is 11.4 Å². The summed E-state index contributed by atoms with van der Waals surface area (Å²) in [5, 5.41) is 2.20. The monoisotopic (exact) mass is 253 g/mol. The van der Waals surface area contributed by atoms with Crippen LogP contribution in [-0.4, -0.2) is 0 Å². The Kier molecular flexibility index (Phi) is 5.00. The number of aryl methyl sites for hydroxylation is 1. The van der Waals surface area contributed by atoms with Gasteiger partial charge < -0.3 is 5.73 Å². The highest BCUT2D eigenvalue weighted by atomic mass is 35.5. The van der Waals surface area contributed by atoms with E-state index in [2.05, 4.69) is 42.6 Å². The fourth-order valence-corrected chi connectivity index (χ4v) is 2.42. The molecule has 86 valence electrons. The van der Waals surface area contributed by atoms with Gasteiger partial charge in [-0.15, -0.1) is 23.7 Å². The standard InChI is InChI=1S/C13H15NS.ClH/c1-10-4-2-3-5-12(10)6-11-7-13(8-14)15-9-11;/h2-5,7,9H,6,8,14H2,1H3;1H. The molecule has 0 aliphatic heterocycles. The minimum absolute atomic E-state index is 0. The van der Waals surface area contributed by atoms with Crippen LogP contribution in [0.1, 0.15) is 21.6 Å². The maximum absolute atomic E-state index is 5.60. The van der Waals surface area contributed by atoms with Gasteiger partial charge in [-0.25, -0.2) is 0 Å². The van der Waals surface area contributed by atoms with Crippen molar-refractivity contribution < 1.29 is 0 Å². The van der Waals surface area contributed by atoms with Crippen molar-refractivity contribution in [3.63, 3.8) is 0 Å². The van der Waals surface area contributed by atoms with Gasteiger partial charge in [-0.3, -0.25) is 0 Å². The summed E-state index contributed by atoms with van der Waals surface area (Å²) in [6, 6.07) is 10.7. The summed E-state index contributed by atoms with van der Waals surface area (Å²) in [7, 11) is 0. The Morgan fingerprint density at radius 3 is 2.62 bits per heavy atom. The maximum atomic E-state index is 5.60. The van der Waals surface area contributed by atoms with Crippen LogP contribution in [0.15, 0.2) is 35.7 Å². The van der Waals surface area contributed by atoms with Gasteiger partial charge >= 0.3 is 0 Å². The van der Waals surface area contributed by atoms with E-state index in [0.717, 1.165) is 6.42 Å². The lowest BCUT2D eigenvalue weighted by molar-refractivity contribution is 1.09. The molecule has 0 atom stereocenters. The summed E-state index contributed by atoms with van der Waals surface area (Å²) in [6.45, 7) is 2.81. The van der Waals surface area contributed by atoms with Crippen molar-refractivity contribution in [1.82, 2.24) is 0 Å². The predicted octanol–water partition coefficient (Wildman–Crippen LogP) is 3.53. The van der Waals surface area contributed by atoms with Gasteiger partial charge in [0.15, 0.2) is 0 Å². The lowest BCUT2D eigenvalue weighted by Crippen LogP contribution is -1.92. The van der Waals surface area contributed by atoms with E-state index >= 15 is 0 Å². The third-order valence-electron chi connectivity index (χ3n) is 2.57. The summed E-state index contributed by atoms with van der Waals surface area (Å²) >= 11 is 1.75. The van der Waals surface area contributed by atoms with Crippen LogP contribution in [0.4, 0.5) is 0 Å². The Labute approximate surface area is 107 Å². The molecule has 2 N–H and O–H groups in total. The first-order valence-electron chi connectivity index (χ1n) is 5.10. The second-order valence-corrected chi connectivity index (χ2v) is 4.72. The second-order valence-electron chi connectivity index (χ2n) is 3.73. The number of hydrogen-bond donors (Lipinski definition) is 1. The molecule has 16 heavy (non-hydrogen) atoms. The van der Waals surface area contributed by atoms with Gasteiger partial charge in [0.25, 0.3) is 0 Å². The normalized spacial score (nSPS) is 9.88. The summed E-state index contributed by atoms with van der Waals surface area (Å²) < 4.78 is 0. The van der Waals surface area contributed by atoms with Gasteiger partial charge in [-0.1, -0.05) is 24.3 Å². The average Bonchev–Trinajstić information content (AvgIpc) is 2.69. The first-order valence-corrected chi connectivity index (χ1v) is 5.98. The van der Waals surface area contributed by atoms with E-state index in [-0.39, 0.29) is 12.4 Å². The molecular weight excluding hydrogens is 238 g/mol. The third-order valence-corrected chi connectivity index (χ3v) is 3.57. The van der Waals surface area contributed by atoms with Crippen LogP contribution in [0.2, 0.25) is 0 Å². The summed E-state index contributed by atoms with van der Waals surface area (Å²) in [5.41, 5.74) is 9.73. The number of benzene rings is 1. The van der Waals surface area contributed by atoms with Crippen LogP contribution in [0, 0.1) is 6.92 Å². The van der Waals surface area contributed by atoms with Crippen LogP contribution in [0.25, 0.3) is 0 Å². The molecule has 0 unspecified atom stereocenters. The molecule has 0 amide bonds. The van der Waals surface area contributed by atoms with Crippen molar-refractivity contribution in [1.29, 1.82) is 0 Å². The lowest BCUT2D eigenvalue weighted by Gasteiger charge is -2.02. The summed E-state index contributed by atoms with van der Waals surface area (Å²) in [4.78, 5) is 1.26. The molecule has 0 spiro atoms. The van der Waals surface area contributed by atoms with Gasteiger partial charge in [-0.2, -0.15) is 0 Å². The summed E-state index contributed by atoms with van der Waals surface area (Å²) in [6.07, 6.45) is 1.02. The number of halogens is 1. The van der Waals surface area contributed by atoms with Gasteiger partial charge in [0.2, 0.25) is 0 Å². The quantitative estimate of drug-likeness (QED) is 0.890. The molecule has 0 bridgehead atoms. The van der Waals surface area contributed by atoms with Gasteiger partial charge in [0.05, 0.1) is 0 Å². The molecule has 1 heterocycles. The number of nitrogens with two attached hydrogens (primary N) is 1. The Balaban J connectivity index is 0.00000128. The topological polar surface area (TPSA) is 26.0 Å². The number of thiophene rings is 1. The fourth-order valence-electron chi connectivity index (χ4n) is 1.65. The van der Waals surface area contributed by atoms with E-state index < -0.39 is 0 Å². The molecule has 0 aliphatic carbocycles. The van der Waals surface area contributed by atoms with Gasteiger partial charge in [-0.05, 0) is 41.5 Å². The smallest absolute Gasteiger partial charge is 0.0273 e.